The molecular formula is C27H42O2. The molecule has 0 aromatic heterocycles. The number of aliphatic hydroxyl groups is 2. The van der Waals surface area contributed by atoms with Crippen molar-refractivity contribution in [3.63, 3.8) is 0 Å². The van der Waals surface area contributed by atoms with E-state index in [1.54, 1.807) is 0 Å². The van der Waals surface area contributed by atoms with E-state index in [0.717, 1.165) is 36.5 Å². The number of rotatable bonds is 5. The molecule has 0 amide bonds. The minimum atomic E-state index is -0.530. The van der Waals surface area contributed by atoms with Crippen LogP contribution in [0.5, 0.6) is 0 Å². The average molecular weight is 399 g/mol. The Morgan fingerprint density at radius 2 is 1.93 bits per heavy atom. The van der Waals surface area contributed by atoms with Crippen LogP contribution in [0.2, 0.25) is 0 Å². The molecule has 2 heteroatoms. The summed E-state index contributed by atoms with van der Waals surface area (Å²) in [5.41, 5.74) is 1.40. The van der Waals surface area contributed by atoms with Crippen molar-refractivity contribution in [2.45, 2.75) is 91.6 Å². The van der Waals surface area contributed by atoms with Crippen LogP contribution < -0.4 is 0 Å². The van der Waals surface area contributed by atoms with Crippen LogP contribution in [-0.2, 0) is 0 Å². The molecule has 0 spiro atoms. The lowest BCUT2D eigenvalue weighted by atomic mass is 9.48. The van der Waals surface area contributed by atoms with E-state index < -0.39 is 5.60 Å². The molecule has 4 aliphatic carbocycles. The lowest BCUT2D eigenvalue weighted by Crippen LogP contribution is -2.49. The van der Waals surface area contributed by atoms with Crippen molar-refractivity contribution in [3.05, 3.63) is 35.6 Å². The maximum atomic E-state index is 10.1. The third-order valence-corrected chi connectivity index (χ3v) is 9.55. The third kappa shape index (κ3) is 3.64. The van der Waals surface area contributed by atoms with E-state index in [9.17, 15) is 10.2 Å². The molecule has 29 heavy (non-hydrogen) atoms. The van der Waals surface area contributed by atoms with Crippen molar-refractivity contribution < 1.29 is 10.2 Å². The molecule has 2 N–H and O–H groups in total. The van der Waals surface area contributed by atoms with Crippen LogP contribution in [0.15, 0.2) is 35.6 Å². The summed E-state index contributed by atoms with van der Waals surface area (Å²) in [7, 11) is 0. The van der Waals surface area contributed by atoms with Gasteiger partial charge in [-0.2, -0.15) is 0 Å². The van der Waals surface area contributed by atoms with E-state index in [0.29, 0.717) is 17.1 Å². The minimum Gasteiger partial charge on any atom is -0.508 e. The van der Waals surface area contributed by atoms with Crippen molar-refractivity contribution in [1.29, 1.82) is 0 Å². The highest BCUT2D eigenvalue weighted by Gasteiger charge is 2.58. The van der Waals surface area contributed by atoms with Crippen LogP contribution in [0.1, 0.15) is 86.0 Å². The van der Waals surface area contributed by atoms with Gasteiger partial charge >= 0.3 is 0 Å². The Bertz CT molecular complexity index is 723. The van der Waals surface area contributed by atoms with Gasteiger partial charge in [0.25, 0.3) is 0 Å². The van der Waals surface area contributed by atoms with Crippen LogP contribution in [0, 0.1) is 40.4 Å². The monoisotopic (exact) mass is 398 g/mol. The number of allylic oxidation sites excluding steroid dienone is 5. The summed E-state index contributed by atoms with van der Waals surface area (Å²) in [6.07, 6.45) is 18.6. The zero-order valence-corrected chi connectivity index (χ0v) is 19.2. The Morgan fingerprint density at radius 3 is 2.66 bits per heavy atom. The predicted octanol–water partition coefficient (Wildman–Crippen LogP) is 6.97. The first-order valence-electron chi connectivity index (χ1n) is 12.1. The van der Waals surface area contributed by atoms with E-state index in [1.807, 2.05) is 26.0 Å². The number of hydrogen-bond donors (Lipinski definition) is 2. The van der Waals surface area contributed by atoms with Gasteiger partial charge in [-0.05, 0) is 105 Å². The Hall–Kier alpha value is -1.02. The van der Waals surface area contributed by atoms with Gasteiger partial charge in [0.15, 0.2) is 0 Å². The summed E-state index contributed by atoms with van der Waals surface area (Å²) in [4.78, 5) is 0. The molecule has 0 heterocycles. The fourth-order valence-corrected chi connectivity index (χ4v) is 7.99. The minimum absolute atomic E-state index is 0.104. The fourth-order valence-electron chi connectivity index (χ4n) is 7.99. The summed E-state index contributed by atoms with van der Waals surface area (Å²) < 4.78 is 0. The molecule has 0 aliphatic heterocycles. The molecule has 2 saturated carbocycles. The molecule has 0 saturated heterocycles. The van der Waals surface area contributed by atoms with Crippen molar-refractivity contribution in [2.75, 3.05) is 0 Å². The van der Waals surface area contributed by atoms with Crippen LogP contribution in [0.25, 0.3) is 0 Å². The molecule has 4 rings (SSSR count). The van der Waals surface area contributed by atoms with E-state index in [4.69, 9.17) is 0 Å². The van der Waals surface area contributed by atoms with Gasteiger partial charge < -0.3 is 10.2 Å². The molecule has 0 aromatic rings. The van der Waals surface area contributed by atoms with Gasteiger partial charge in [-0.1, -0.05) is 45.8 Å². The SMILES string of the molecule is C[C@H](CCCC(C)(C)O)[C@H]1CC[C@H]2[C@@H]3CC=C4C=C(O)C=C[C@]4(C)[C@H]3CC[C@]12C. The molecule has 0 bridgehead atoms. The van der Waals surface area contributed by atoms with Crippen LogP contribution in [-0.4, -0.2) is 15.8 Å². The Morgan fingerprint density at radius 1 is 1.17 bits per heavy atom. The van der Waals surface area contributed by atoms with Crippen LogP contribution in [0.4, 0.5) is 0 Å². The molecule has 0 aromatic carbocycles. The predicted molar refractivity (Wildman–Crippen MR) is 121 cm³/mol. The number of fused-ring (bicyclic) bond motifs is 5. The zero-order valence-electron chi connectivity index (χ0n) is 19.2. The Kier molecular flexibility index (Phi) is 5.33. The van der Waals surface area contributed by atoms with E-state index >= 15 is 0 Å². The maximum Gasteiger partial charge on any atom is 0.115 e. The molecule has 4 aliphatic rings. The summed E-state index contributed by atoms with van der Waals surface area (Å²) in [6, 6.07) is 0. The maximum absolute atomic E-state index is 10.1. The van der Waals surface area contributed by atoms with Crippen molar-refractivity contribution in [1.82, 2.24) is 0 Å². The second kappa shape index (κ2) is 7.29. The lowest BCUT2D eigenvalue weighted by molar-refractivity contribution is -0.0326. The highest BCUT2D eigenvalue weighted by atomic mass is 16.3. The standard InChI is InChI=1S/C27H42O2/c1-18(7-6-14-25(2,3)29)22-10-11-23-21-9-8-19-17-20(28)12-15-26(19,4)24(21)13-16-27(22,23)5/h8,12,15,17-18,21-24,28-29H,6-7,9-11,13-14,16H2,1-5H3/t18-,21+,22-,23+,24+,26+,27-/m1/s1. The first-order valence-corrected chi connectivity index (χ1v) is 12.1. The fraction of sp³-hybridized carbons (Fsp3) is 0.778. The summed E-state index contributed by atoms with van der Waals surface area (Å²) in [5, 5.41) is 20.1. The summed E-state index contributed by atoms with van der Waals surface area (Å²) in [6.45, 7) is 11.4. The van der Waals surface area contributed by atoms with Gasteiger partial charge in [0.05, 0.1) is 5.60 Å². The Balaban J connectivity index is 1.50. The Labute approximate surface area is 178 Å². The second-order valence-electron chi connectivity index (χ2n) is 11.9. The summed E-state index contributed by atoms with van der Waals surface area (Å²) in [5.74, 6) is 4.34. The molecule has 2 fully saturated rings. The molecule has 2 nitrogen and oxygen atoms in total. The van der Waals surface area contributed by atoms with E-state index in [2.05, 4.69) is 32.9 Å². The van der Waals surface area contributed by atoms with Gasteiger partial charge in [-0.25, -0.2) is 0 Å². The largest absolute Gasteiger partial charge is 0.508 e. The first kappa shape index (κ1) is 21.2. The average Bonchev–Trinajstić information content (AvgIpc) is 2.98. The highest BCUT2D eigenvalue weighted by Crippen LogP contribution is 2.66. The number of hydrogen-bond acceptors (Lipinski definition) is 2. The highest BCUT2D eigenvalue weighted by molar-refractivity contribution is 5.43. The van der Waals surface area contributed by atoms with Gasteiger partial charge in [-0.15, -0.1) is 0 Å². The normalized spacial score (nSPS) is 42.4. The smallest absolute Gasteiger partial charge is 0.115 e. The van der Waals surface area contributed by atoms with Crippen LogP contribution in [0.3, 0.4) is 0 Å². The van der Waals surface area contributed by atoms with Gasteiger partial charge in [0, 0.05) is 5.41 Å². The van der Waals surface area contributed by atoms with Gasteiger partial charge in [0.1, 0.15) is 5.76 Å². The topological polar surface area (TPSA) is 40.5 Å². The zero-order chi connectivity index (χ0) is 21.0. The molecule has 7 atom stereocenters. The van der Waals surface area contributed by atoms with Crippen molar-refractivity contribution in [3.8, 4) is 0 Å². The van der Waals surface area contributed by atoms with Crippen molar-refractivity contribution in [2.24, 2.45) is 40.4 Å². The molecule has 162 valence electrons. The second-order valence-corrected chi connectivity index (χ2v) is 11.9. The van der Waals surface area contributed by atoms with Crippen LogP contribution >= 0.6 is 0 Å². The summed E-state index contributed by atoms with van der Waals surface area (Å²) >= 11 is 0. The third-order valence-electron chi connectivity index (χ3n) is 9.55. The van der Waals surface area contributed by atoms with Gasteiger partial charge in [0.2, 0.25) is 0 Å². The van der Waals surface area contributed by atoms with E-state index in [1.165, 1.54) is 44.1 Å². The molecule has 0 radical (unpaired) electrons. The number of aliphatic hydroxyl groups excluding tert-OH is 1. The van der Waals surface area contributed by atoms with E-state index in [-0.39, 0.29) is 5.41 Å². The van der Waals surface area contributed by atoms with Gasteiger partial charge in [-0.3, -0.25) is 0 Å². The first-order chi connectivity index (χ1) is 13.5. The quantitative estimate of drug-likeness (QED) is 0.525. The molecule has 0 unspecified atom stereocenters. The molecular weight excluding hydrogens is 356 g/mol. The van der Waals surface area contributed by atoms with Crippen molar-refractivity contribution >= 4 is 0 Å². The lowest BCUT2D eigenvalue weighted by Gasteiger charge is -2.56.